The number of hydrogen-bond donors (Lipinski definition) is 5. The Morgan fingerprint density at radius 1 is 1.14 bits per heavy atom. The van der Waals surface area contributed by atoms with E-state index in [1.807, 2.05) is 31.2 Å². The Labute approximate surface area is 209 Å². The molecule has 1 unspecified atom stereocenters. The number of aromatic nitrogens is 3. The highest BCUT2D eigenvalue weighted by atomic mass is 32.2. The quantitative estimate of drug-likeness (QED) is 0.250. The lowest BCUT2D eigenvalue weighted by Crippen LogP contribution is -2.52. The second-order valence-corrected chi connectivity index (χ2v) is 12.3. The van der Waals surface area contributed by atoms with Crippen LogP contribution in [0.5, 0.6) is 0 Å². The molecular weight excluding hydrogens is 495 g/mol. The number of halogens is 3. The van der Waals surface area contributed by atoms with E-state index in [-0.39, 0.29) is 23.6 Å². The number of thiol groups is 1. The number of benzene rings is 2. The van der Waals surface area contributed by atoms with E-state index in [9.17, 15) is 33.6 Å². The predicted octanol–water partition coefficient (Wildman–Crippen LogP) is 2.82. The van der Waals surface area contributed by atoms with Crippen LogP contribution in [0, 0.1) is 24.4 Å². The molecule has 7 nitrogen and oxygen atoms in total. The fourth-order valence-corrected chi connectivity index (χ4v) is 8.82. The normalized spacial score (nSPS) is 26.7. The highest BCUT2D eigenvalue weighted by Crippen LogP contribution is 2.57. The molecule has 0 radical (unpaired) electrons. The molecule has 196 valence electrons. The molecule has 36 heavy (non-hydrogen) atoms. The molecule has 0 saturated carbocycles. The molecule has 11 heteroatoms. The Hall–Kier alpha value is -2.44. The van der Waals surface area contributed by atoms with E-state index in [0.717, 1.165) is 23.3 Å². The number of hydrogen-bond acceptors (Lipinski definition) is 6. The van der Waals surface area contributed by atoms with E-state index in [0.29, 0.717) is 0 Å². The van der Waals surface area contributed by atoms with E-state index in [1.165, 1.54) is 10.9 Å². The average molecular weight is 526 g/mol. The van der Waals surface area contributed by atoms with Crippen molar-refractivity contribution in [2.45, 2.75) is 55.1 Å². The maximum absolute atomic E-state index is 13.7. The van der Waals surface area contributed by atoms with Crippen LogP contribution in [-0.2, 0) is 0 Å². The summed E-state index contributed by atoms with van der Waals surface area (Å²) in [5, 5.41) is 50.6. The van der Waals surface area contributed by atoms with Gasteiger partial charge in [0, 0.05) is 21.8 Å². The fourth-order valence-electron chi connectivity index (χ4n) is 5.07. The van der Waals surface area contributed by atoms with Gasteiger partial charge in [-0.25, -0.2) is 28.7 Å². The molecular formula is C25H30F3N3O4S. The first-order valence-electron chi connectivity index (χ1n) is 11.5. The lowest BCUT2D eigenvalue weighted by atomic mass is 9.94. The molecule has 6 atom stereocenters. The molecule has 1 fully saturated rings. The summed E-state index contributed by atoms with van der Waals surface area (Å²) in [6, 6.07) is 8.15. The summed E-state index contributed by atoms with van der Waals surface area (Å²) in [7, 11) is -1.33. The third kappa shape index (κ3) is 4.90. The molecule has 1 aliphatic heterocycles. The van der Waals surface area contributed by atoms with E-state index >= 15 is 0 Å². The van der Waals surface area contributed by atoms with Crippen LogP contribution >= 0.6 is 10.9 Å². The molecule has 2 aromatic carbocycles. The molecule has 3 aromatic rings. The van der Waals surface area contributed by atoms with Gasteiger partial charge < -0.3 is 20.4 Å². The van der Waals surface area contributed by atoms with Crippen LogP contribution in [0.1, 0.15) is 36.3 Å². The first-order chi connectivity index (χ1) is 16.9. The first-order valence-corrected chi connectivity index (χ1v) is 13.2. The zero-order chi connectivity index (χ0) is 26.4. The minimum absolute atomic E-state index is 0.0230. The lowest BCUT2D eigenvalue weighted by Gasteiger charge is -2.51. The van der Waals surface area contributed by atoms with Crippen LogP contribution in [0.25, 0.3) is 11.3 Å². The van der Waals surface area contributed by atoms with Crippen LogP contribution in [-0.4, -0.2) is 70.8 Å². The summed E-state index contributed by atoms with van der Waals surface area (Å²) >= 11 is 0. The second kappa shape index (κ2) is 10.1. The number of aryl methyl sites for hydroxylation is 1. The van der Waals surface area contributed by atoms with Gasteiger partial charge in [0.1, 0.15) is 11.7 Å². The van der Waals surface area contributed by atoms with Gasteiger partial charge in [-0.1, -0.05) is 29.5 Å². The SMILES string of the molecule is Cc1ccccc1[C@@H]([SH]1C[C@H](O)[C@H](n2cc(-c3cc(F)c(F)c(F)c3)nn2)[C@@H](O)[C@H]1CO)C(C)(C)O. The van der Waals surface area contributed by atoms with Crippen molar-refractivity contribution in [1.29, 1.82) is 0 Å². The van der Waals surface area contributed by atoms with Gasteiger partial charge in [-0.05, 0) is 44.0 Å². The van der Waals surface area contributed by atoms with E-state index in [4.69, 9.17) is 0 Å². The topological polar surface area (TPSA) is 112 Å². The molecule has 0 spiro atoms. The maximum Gasteiger partial charge on any atom is 0.194 e. The molecule has 2 heterocycles. The van der Waals surface area contributed by atoms with Crippen molar-refractivity contribution in [3.05, 3.63) is 71.2 Å². The lowest BCUT2D eigenvalue weighted by molar-refractivity contribution is 0.00570. The second-order valence-electron chi connectivity index (χ2n) is 9.75. The van der Waals surface area contributed by atoms with Gasteiger partial charge in [-0.15, -0.1) is 5.10 Å². The van der Waals surface area contributed by atoms with Crippen LogP contribution in [0.15, 0.2) is 42.6 Å². The van der Waals surface area contributed by atoms with Gasteiger partial charge in [0.15, 0.2) is 17.5 Å². The van der Waals surface area contributed by atoms with Crippen LogP contribution in [0.4, 0.5) is 13.2 Å². The molecule has 4 N–H and O–H groups in total. The monoisotopic (exact) mass is 525 g/mol. The summed E-state index contributed by atoms with van der Waals surface area (Å²) < 4.78 is 41.9. The first kappa shape index (κ1) is 26.6. The summed E-state index contributed by atoms with van der Waals surface area (Å²) in [4.78, 5) is 0. The Morgan fingerprint density at radius 3 is 2.36 bits per heavy atom. The third-order valence-electron chi connectivity index (χ3n) is 6.73. The minimum Gasteiger partial charge on any atom is -0.395 e. The standard InChI is InChI=1S/C25H30F3N3O4S/c1-13-6-4-5-7-15(13)24(25(2,3)35)36-12-19(33)22(23(34)20(36)11-32)31-10-18(29-30-31)14-8-16(26)21(28)17(27)9-14/h4-10,19-20,22-24,32-36H,11-12H2,1-3H3/t19-,20+,22-,23-,24+/m0/s1. The average Bonchev–Trinajstić information content (AvgIpc) is 3.27. The Morgan fingerprint density at radius 2 is 1.78 bits per heavy atom. The van der Waals surface area contributed by atoms with Gasteiger partial charge in [-0.2, -0.15) is 0 Å². The van der Waals surface area contributed by atoms with Gasteiger partial charge in [0.2, 0.25) is 0 Å². The van der Waals surface area contributed by atoms with Gasteiger partial charge in [-0.3, -0.25) is 0 Å². The fraction of sp³-hybridized carbons (Fsp3) is 0.440. The van der Waals surface area contributed by atoms with Crippen molar-refractivity contribution in [2.75, 3.05) is 12.4 Å². The Balaban J connectivity index is 1.68. The van der Waals surface area contributed by atoms with Gasteiger partial charge in [0.25, 0.3) is 0 Å². The van der Waals surface area contributed by atoms with E-state index in [2.05, 4.69) is 10.3 Å². The molecule has 0 bridgehead atoms. The highest BCUT2D eigenvalue weighted by molar-refractivity contribution is 8.18. The van der Waals surface area contributed by atoms with Crippen LogP contribution < -0.4 is 0 Å². The number of aliphatic hydroxyl groups excluding tert-OH is 3. The van der Waals surface area contributed by atoms with Gasteiger partial charge in [0.05, 0.1) is 30.6 Å². The maximum atomic E-state index is 13.7. The predicted molar refractivity (Wildman–Crippen MR) is 131 cm³/mol. The van der Waals surface area contributed by atoms with Crippen LogP contribution in [0.2, 0.25) is 0 Å². The summed E-state index contributed by atoms with van der Waals surface area (Å²) in [6.45, 7) is 4.90. The third-order valence-corrected chi connectivity index (χ3v) is 10.4. The minimum atomic E-state index is -1.60. The van der Waals surface area contributed by atoms with Crippen molar-refractivity contribution < 1.29 is 33.6 Å². The summed E-state index contributed by atoms with van der Waals surface area (Å²) in [5.74, 6) is -4.16. The smallest absolute Gasteiger partial charge is 0.194 e. The molecule has 0 aliphatic carbocycles. The van der Waals surface area contributed by atoms with Crippen molar-refractivity contribution in [3.63, 3.8) is 0 Å². The van der Waals surface area contributed by atoms with Crippen molar-refractivity contribution in [3.8, 4) is 11.3 Å². The number of rotatable bonds is 6. The number of nitrogens with zero attached hydrogens (tertiary/aromatic N) is 3. The van der Waals surface area contributed by atoms with E-state index < -0.39 is 62.7 Å². The zero-order valence-electron chi connectivity index (χ0n) is 20.1. The van der Waals surface area contributed by atoms with Crippen LogP contribution in [0.3, 0.4) is 0 Å². The van der Waals surface area contributed by atoms with Gasteiger partial charge >= 0.3 is 0 Å². The largest absolute Gasteiger partial charge is 0.395 e. The molecule has 1 aliphatic rings. The summed E-state index contributed by atoms with van der Waals surface area (Å²) in [6.07, 6.45) is -1.06. The highest BCUT2D eigenvalue weighted by Gasteiger charge is 2.48. The molecule has 0 amide bonds. The van der Waals surface area contributed by atoms with Crippen molar-refractivity contribution in [1.82, 2.24) is 15.0 Å². The Bertz CT molecular complexity index is 1210. The molecule has 4 rings (SSSR count). The summed E-state index contributed by atoms with van der Waals surface area (Å²) in [5.41, 5.74) is 0.606. The van der Waals surface area contributed by atoms with Crippen molar-refractivity contribution >= 4 is 10.9 Å². The van der Waals surface area contributed by atoms with Crippen molar-refractivity contribution in [2.24, 2.45) is 0 Å². The Kier molecular flexibility index (Phi) is 7.50. The molecule has 1 aromatic heterocycles. The van der Waals surface area contributed by atoms with E-state index in [1.54, 1.807) is 13.8 Å². The number of aliphatic hydroxyl groups is 4. The molecule has 1 saturated heterocycles. The zero-order valence-corrected chi connectivity index (χ0v) is 20.9.